The normalized spacial score (nSPS) is 11.9. The summed E-state index contributed by atoms with van der Waals surface area (Å²) in [6.45, 7) is 6.70. The highest BCUT2D eigenvalue weighted by atomic mass is 16.6. The van der Waals surface area contributed by atoms with Crippen LogP contribution in [0.2, 0.25) is 0 Å². The summed E-state index contributed by atoms with van der Waals surface area (Å²) in [5.74, 6) is -0.835. The highest BCUT2D eigenvalue weighted by Crippen LogP contribution is 2.17. The van der Waals surface area contributed by atoms with Crippen molar-refractivity contribution in [3.05, 3.63) is 0 Å². The van der Waals surface area contributed by atoms with Crippen LogP contribution in [0.25, 0.3) is 0 Å². The highest BCUT2D eigenvalue weighted by Gasteiger charge is 2.19. The Morgan fingerprint density at radius 1 is 0.258 bits per heavy atom. The third-order valence-corrected chi connectivity index (χ3v) is 12.9. The first-order valence-electron chi connectivity index (χ1n) is 28.0. The molecule has 6 heteroatoms. The molecule has 0 bridgehead atoms. The molecule has 0 fully saturated rings. The largest absolute Gasteiger partial charge is 0.462 e. The standard InChI is InChI=1S/C56H108O6/c1-4-7-10-13-16-19-22-25-27-29-31-34-37-40-43-46-49-55(58)61-52-53(51-60-54(57)48-45-42-39-36-33-24-21-18-15-12-9-6-3)62-56(59)50-47-44-41-38-35-32-30-28-26-23-20-17-14-11-8-5-2/h53H,4-52H2,1-3H3/t53-/m0/s1. The lowest BCUT2D eigenvalue weighted by Crippen LogP contribution is -2.30. The van der Waals surface area contributed by atoms with Gasteiger partial charge >= 0.3 is 17.9 Å². The summed E-state index contributed by atoms with van der Waals surface area (Å²) in [7, 11) is 0. The van der Waals surface area contributed by atoms with Crippen molar-refractivity contribution < 1.29 is 28.6 Å². The molecular weight excluding hydrogens is 769 g/mol. The van der Waals surface area contributed by atoms with E-state index in [0.717, 1.165) is 57.8 Å². The molecule has 0 unspecified atom stereocenters. The van der Waals surface area contributed by atoms with Gasteiger partial charge in [0.05, 0.1) is 0 Å². The van der Waals surface area contributed by atoms with Gasteiger partial charge in [0.1, 0.15) is 13.2 Å². The molecule has 0 aliphatic rings. The topological polar surface area (TPSA) is 78.9 Å². The fraction of sp³-hybridized carbons (Fsp3) is 0.946. The lowest BCUT2D eigenvalue weighted by atomic mass is 10.0. The lowest BCUT2D eigenvalue weighted by molar-refractivity contribution is -0.167. The number of hydrogen-bond acceptors (Lipinski definition) is 6. The van der Waals surface area contributed by atoms with Crippen molar-refractivity contribution >= 4 is 17.9 Å². The molecule has 0 aromatic carbocycles. The second kappa shape index (κ2) is 52.0. The molecule has 0 N–H and O–H groups in total. The van der Waals surface area contributed by atoms with Gasteiger partial charge in [-0.25, -0.2) is 0 Å². The summed E-state index contributed by atoms with van der Waals surface area (Å²) >= 11 is 0. The van der Waals surface area contributed by atoms with E-state index < -0.39 is 6.10 Å². The van der Waals surface area contributed by atoms with E-state index in [4.69, 9.17) is 14.2 Å². The summed E-state index contributed by atoms with van der Waals surface area (Å²) in [6, 6.07) is 0. The molecule has 0 spiro atoms. The number of hydrogen-bond donors (Lipinski definition) is 0. The minimum Gasteiger partial charge on any atom is -0.462 e. The van der Waals surface area contributed by atoms with E-state index in [-0.39, 0.29) is 31.1 Å². The quantitative estimate of drug-likeness (QED) is 0.0344. The van der Waals surface area contributed by atoms with Crippen molar-refractivity contribution in [2.75, 3.05) is 13.2 Å². The zero-order valence-electron chi connectivity index (χ0n) is 42.2. The Labute approximate surface area is 387 Å². The minimum atomic E-state index is -0.760. The van der Waals surface area contributed by atoms with Crippen LogP contribution >= 0.6 is 0 Å². The van der Waals surface area contributed by atoms with E-state index in [2.05, 4.69) is 20.8 Å². The second-order valence-corrected chi connectivity index (χ2v) is 19.2. The van der Waals surface area contributed by atoms with Crippen LogP contribution in [0.15, 0.2) is 0 Å². The van der Waals surface area contributed by atoms with Crippen LogP contribution in [0, 0.1) is 0 Å². The Bertz CT molecular complexity index is 920. The van der Waals surface area contributed by atoms with Crippen molar-refractivity contribution in [2.24, 2.45) is 0 Å². The molecule has 62 heavy (non-hydrogen) atoms. The molecule has 6 nitrogen and oxygen atoms in total. The summed E-state index contributed by atoms with van der Waals surface area (Å²) < 4.78 is 16.9. The molecule has 0 aromatic heterocycles. The first-order valence-corrected chi connectivity index (χ1v) is 28.0. The molecule has 0 radical (unpaired) electrons. The van der Waals surface area contributed by atoms with Gasteiger partial charge in [0.2, 0.25) is 0 Å². The summed E-state index contributed by atoms with van der Waals surface area (Å²) in [6.07, 6.45) is 56.6. The molecule has 0 saturated carbocycles. The molecule has 0 heterocycles. The first kappa shape index (κ1) is 60.4. The van der Waals surface area contributed by atoms with E-state index in [1.807, 2.05) is 0 Å². The fourth-order valence-electron chi connectivity index (χ4n) is 8.62. The molecular formula is C56H108O6. The number of esters is 3. The minimum absolute atomic E-state index is 0.0612. The molecule has 0 saturated heterocycles. The van der Waals surface area contributed by atoms with Crippen LogP contribution in [0.5, 0.6) is 0 Å². The Hall–Kier alpha value is -1.59. The first-order chi connectivity index (χ1) is 30.5. The predicted octanol–water partition coefficient (Wildman–Crippen LogP) is 18.4. The Morgan fingerprint density at radius 3 is 0.645 bits per heavy atom. The Morgan fingerprint density at radius 2 is 0.435 bits per heavy atom. The molecule has 368 valence electrons. The van der Waals surface area contributed by atoms with E-state index in [1.54, 1.807) is 0 Å². The maximum absolute atomic E-state index is 12.8. The van der Waals surface area contributed by atoms with Gasteiger partial charge in [-0.15, -0.1) is 0 Å². The van der Waals surface area contributed by atoms with Gasteiger partial charge in [0.25, 0.3) is 0 Å². The molecule has 0 aliphatic heterocycles. The fourth-order valence-corrected chi connectivity index (χ4v) is 8.62. The number of unbranched alkanes of at least 4 members (excludes halogenated alkanes) is 41. The second-order valence-electron chi connectivity index (χ2n) is 19.2. The maximum Gasteiger partial charge on any atom is 0.306 e. The van der Waals surface area contributed by atoms with Gasteiger partial charge in [0, 0.05) is 19.3 Å². The van der Waals surface area contributed by atoms with Crippen LogP contribution in [-0.4, -0.2) is 37.2 Å². The van der Waals surface area contributed by atoms with Crippen molar-refractivity contribution in [2.45, 2.75) is 329 Å². The monoisotopic (exact) mass is 877 g/mol. The van der Waals surface area contributed by atoms with E-state index >= 15 is 0 Å². The maximum atomic E-state index is 12.8. The smallest absolute Gasteiger partial charge is 0.306 e. The molecule has 0 aromatic rings. The van der Waals surface area contributed by atoms with Crippen LogP contribution in [0.3, 0.4) is 0 Å². The van der Waals surface area contributed by atoms with Gasteiger partial charge in [-0.05, 0) is 19.3 Å². The lowest BCUT2D eigenvalue weighted by Gasteiger charge is -2.18. The Balaban J connectivity index is 4.28. The zero-order valence-corrected chi connectivity index (χ0v) is 42.2. The van der Waals surface area contributed by atoms with Gasteiger partial charge in [0.15, 0.2) is 6.10 Å². The van der Waals surface area contributed by atoms with E-state index in [1.165, 1.54) is 225 Å². The highest BCUT2D eigenvalue weighted by molar-refractivity contribution is 5.71. The third-order valence-electron chi connectivity index (χ3n) is 12.9. The average Bonchev–Trinajstić information content (AvgIpc) is 3.27. The summed E-state index contributed by atoms with van der Waals surface area (Å²) in [5, 5.41) is 0. The van der Waals surface area contributed by atoms with E-state index in [9.17, 15) is 14.4 Å². The Kier molecular flexibility index (Phi) is 50.7. The van der Waals surface area contributed by atoms with Crippen molar-refractivity contribution in [1.82, 2.24) is 0 Å². The third kappa shape index (κ3) is 49.4. The number of ether oxygens (including phenoxy) is 3. The van der Waals surface area contributed by atoms with Gasteiger partial charge in [-0.1, -0.05) is 284 Å². The predicted molar refractivity (Wildman–Crippen MR) is 266 cm³/mol. The molecule has 0 rings (SSSR count). The molecule has 0 amide bonds. The summed E-state index contributed by atoms with van der Waals surface area (Å²) in [5.41, 5.74) is 0. The van der Waals surface area contributed by atoms with Crippen molar-refractivity contribution in [3.8, 4) is 0 Å². The van der Waals surface area contributed by atoms with Crippen LogP contribution in [0.1, 0.15) is 323 Å². The van der Waals surface area contributed by atoms with E-state index in [0.29, 0.717) is 19.3 Å². The molecule has 0 aliphatic carbocycles. The van der Waals surface area contributed by atoms with Crippen LogP contribution in [-0.2, 0) is 28.6 Å². The average molecular weight is 877 g/mol. The summed E-state index contributed by atoms with van der Waals surface area (Å²) in [4.78, 5) is 38.0. The number of carbonyl (C=O) groups excluding carboxylic acids is 3. The SMILES string of the molecule is CCCCCCCCCCCCCCCCCCC(=O)OC[C@H](COC(=O)CCCCCCCCCCCCCC)OC(=O)CCCCCCCCCCCCCCCCCC. The van der Waals surface area contributed by atoms with Gasteiger partial charge < -0.3 is 14.2 Å². The van der Waals surface area contributed by atoms with Crippen LogP contribution in [0.4, 0.5) is 0 Å². The molecule has 1 atom stereocenters. The van der Waals surface area contributed by atoms with Crippen LogP contribution < -0.4 is 0 Å². The van der Waals surface area contributed by atoms with Crippen molar-refractivity contribution in [1.29, 1.82) is 0 Å². The zero-order chi connectivity index (χ0) is 45.1. The van der Waals surface area contributed by atoms with Crippen molar-refractivity contribution in [3.63, 3.8) is 0 Å². The number of carbonyl (C=O) groups is 3. The van der Waals surface area contributed by atoms with Gasteiger partial charge in [-0.2, -0.15) is 0 Å². The van der Waals surface area contributed by atoms with Gasteiger partial charge in [-0.3, -0.25) is 14.4 Å². The number of rotatable bonds is 52.